The Kier molecular flexibility index (Phi) is 5.20. The number of benzene rings is 1. The van der Waals surface area contributed by atoms with Gasteiger partial charge < -0.3 is 21.5 Å². The largest absolute Gasteiger partial charge is 0.481 e. The number of anilines is 1. The molecule has 0 radical (unpaired) electrons. The summed E-state index contributed by atoms with van der Waals surface area (Å²) in [6, 6.07) is 5.55. The van der Waals surface area contributed by atoms with Gasteiger partial charge in [0.25, 0.3) is 5.91 Å². The van der Waals surface area contributed by atoms with E-state index in [9.17, 15) is 19.5 Å². The highest BCUT2D eigenvalue weighted by atomic mass is 16.4. The molecule has 0 heterocycles. The lowest BCUT2D eigenvalue weighted by Gasteiger charge is -2.33. The van der Waals surface area contributed by atoms with Crippen LogP contribution in [0.3, 0.4) is 0 Å². The molecule has 2 rings (SSSR count). The van der Waals surface area contributed by atoms with E-state index in [4.69, 9.17) is 5.73 Å². The molecule has 0 aromatic heterocycles. The number of amides is 3. The van der Waals surface area contributed by atoms with E-state index in [1.165, 1.54) is 0 Å². The number of carboxylic acid groups (broad SMARTS) is 1. The van der Waals surface area contributed by atoms with Crippen LogP contribution in [0.25, 0.3) is 0 Å². The second kappa shape index (κ2) is 7.13. The van der Waals surface area contributed by atoms with Crippen LogP contribution in [0.15, 0.2) is 24.3 Å². The predicted octanol–water partition coefficient (Wildman–Crippen LogP) is 1.94. The molecule has 3 amide bonds. The first kappa shape index (κ1) is 16.8. The van der Waals surface area contributed by atoms with Gasteiger partial charge in [-0.25, -0.2) is 4.79 Å². The van der Waals surface area contributed by atoms with Crippen molar-refractivity contribution in [3.63, 3.8) is 0 Å². The molecule has 7 nitrogen and oxygen atoms in total. The van der Waals surface area contributed by atoms with Crippen molar-refractivity contribution in [2.45, 2.75) is 32.1 Å². The number of aliphatic carboxylic acids is 1. The highest BCUT2D eigenvalue weighted by Gasteiger charge is 2.39. The van der Waals surface area contributed by atoms with Gasteiger partial charge in [0.1, 0.15) is 0 Å². The minimum absolute atomic E-state index is 0.127. The first-order valence-electron chi connectivity index (χ1n) is 7.61. The second-order valence-electron chi connectivity index (χ2n) is 5.90. The summed E-state index contributed by atoms with van der Waals surface area (Å²) in [6.45, 7) is 0.127. The fourth-order valence-corrected chi connectivity index (χ4v) is 2.89. The van der Waals surface area contributed by atoms with E-state index in [-0.39, 0.29) is 12.5 Å². The molecule has 124 valence electrons. The normalized spacial score (nSPS) is 16.3. The number of carbonyl (C=O) groups is 3. The molecule has 1 aromatic rings. The maximum atomic E-state index is 12.2. The Bertz CT molecular complexity index is 592. The number of primary amides is 1. The van der Waals surface area contributed by atoms with E-state index in [0.717, 1.165) is 19.3 Å². The first-order chi connectivity index (χ1) is 10.9. The average molecular weight is 319 g/mol. The van der Waals surface area contributed by atoms with Crippen LogP contribution in [-0.2, 0) is 4.79 Å². The second-order valence-corrected chi connectivity index (χ2v) is 5.90. The van der Waals surface area contributed by atoms with Crippen molar-refractivity contribution in [3.8, 4) is 0 Å². The fraction of sp³-hybridized carbons (Fsp3) is 0.438. The van der Waals surface area contributed by atoms with Gasteiger partial charge in [-0.2, -0.15) is 0 Å². The van der Waals surface area contributed by atoms with E-state index in [0.29, 0.717) is 24.1 Å². The Morgan fingerprint density at radius 2 is 1.70 bits per heavy atom. The predicted molar refractivity (Wildman–Crippen MR) is 85.1 cm³/mol. The summed E-state index contributed by atoms with van der Waals surface area (Å²) in [6.07, 6.45) is 3.96. The maximum Gasteiger partial charge on any atom is 0.316 e. The van der Waals surface area contributed by atoms with Crippen molar-refractivity contribution in [2.24, 2.45) is 11.1 Å². The minimum Gasteiger partial charge on any atom is -0.481 e. The maximum absolute atomic E-state index is 12.2. The number of nitrogens with two attached hydrogens (primary N) is 1. The van der Waals surface area contributed by atoms with Gasteiger partial charge in [-0.3, -0.25) is 9.59 Å². The molecule has 1 saturated carbocycles. The zero-order chi connectivity index (χ0) is 16.9. The molecule has 23 heavy (non-hydrogen) atoms. The number of rotatable bonds is 5. The Hall–Kier alpha value is -2.57. The van der Waals surface area contributed by atoms with E-state index in [1.807, 2.05) is 0 Å². The molecule has 5 N–H and O–H groups in total. The van der Waals surface area contributed by atoms with Gasteiger partial charge >= 0.3 is 12.0 Å². The van der Waals surface area contributed by atoms with Crippen molar-refractivity contribution in [3.05, 3.63) is 29.8 Å². The zero-order valence-corrected chi connectivity index (χ0v) is 12.8. The molecule has 0 spiro atoms. The monoisotopic (exact) mass is 319 g/mol. The van der Waals surface area contributed by atoms with Crippen LogP contribution in [0, 0.1) is 5.41 Å². The molecule has 0 atom stereocenters. The molecule has 1 aliphatic carbocycles. The molecule has 1 aliphatic rings. The summed E-state index contributed by atoms with van der Waals surface area (Å²) >= 11 is 0. The Labute approximate surface area is 134 Å². The lowest BCUT2D eigenvalue weighted by atomic mass is 9.74. The molecule has 7 heteroatoms. The number of hydrogen-bond donors (Lipinski definition) is 4. The van der Waals surface area contributed by atoms with Crippen molar-refractivity contribution in [1.29, 1.82) is 0 Å². The van der Waals surface area contributed by atoms with Crippen LogP contribution >= 0.6 is 0 Å². The number of hydrogen-bond acceptors (Lipinski definition) is 3. The van der Waals surface area contributed by atoms with Crippen LogP contribution in [-0.4, -0.2) is 29.6 Å². The Balaban J connectivity index is 1.98. The summed E-state index contributed by atoms with van der Waals surface area (Å²) in [5.41, 5.74) is 5.04. The van der Waals surface area contributed by atoms with Crippen molar-refractivity contribution < 1.29 is 19.5 Å². The first-order valence-corrected chi connectivity index (χ1v) is 7.61. The molecule has 0 unspecified atom stereocenters. The molecule has 0 aliphatic heterocycles. The van der Waals surface area contributed by atoms with Gasteiger partial charge in [0, 0.05) is 17.8 Å². The van der Waals surface area contributed by atoms with Crippen LogP contribution in [0.5, 0.6) is 0 Å². The third-order valence-electron chi connectivity index (χ3n) is 4.27. The van der Waals surface area contributed by atoms with Gasteiger partial charge in [0.05, 0.1) is 5.41 Å². The fourth-order valence-electron chi connectivity index (χ4n) is 2.89. The smallest absolute Gasteiger partial charge is 0.316 e. The zero-order valence-electron chi connectivity index (χ0n) is 12.8. The van der Waals surface area contributed by atoms with Crippen molar-refractivity contribution >= 4 is 23.6 Å². The standard InChI is InChI=1S/C16H21N3O4/c17-15(23)19-12-6-4-11(5-7-12)13(20)18-10-16(14(21)22)8-2-1-3-9-16/h4-7H,1-3,8-10H2,(H,18,20)(H,21,22)(H3,17,19,23). The van der Waals surface area contributed by atoms with Crippen LogP contribution < -0.4 is 16.4 Å². The van der Waals surface area contributed by atoms with E-state index in [2.05, 4.69) is 10.6 Å². The number of urea groups is 1. The Morgan fingerprint density at radius 1 is 1.09 bits per heavy atom. The molecular formula is C16H21N3O4. The lowest BCUT2D eigenvalue weighted by Crippen LogP contribution is -2.44. The molecule has 0 bridgehead atoms. The van der Waals surface area contributed by atoms with Crippen molar-refractivity contribution in [2.75, 3.05) is 11.9 Å². The van der Waals surface area contributed by atoms with Crippen LogP contribution in [0.4, 0.5) is 10.5 Å². The average Bonchev–Trinajstić information content (AvgIpc) is 2.53. The molecular weight excluding hydrogens is 298 g/mol. The van der Waals surface area contributed by atoms with Gasteiger partial charge in [-0.15, -0.1) is 0 Å². The topological polar surface area (TPSA) is 122 Å². The number of nitrogens with one attached hydrogen (secondary N) is 2. The van der Waals surface area contributed by atoms with E-state index >= 15 is 0 Å². The third-order valence-corrected chi connectivity index (χ3v) is 4.27. The van der Waals surface area contributed by atoms with Gasteiger partial charge in [-0.05, 0) is 37.1 Å². The SMILES string of the molecule is NC(=O)Nc1ccc(C(=O)NCC2(C(=O)O)CCCCC2)cc1. The van der Waals surface area contributed by atoms with Crippen molar-refractivity contribution in [1.82, 2.24) is 5.32 Å². The summed E-state index contributed by atoms with van der Waals surface area (Å²) in [7, 11) is 0. The Morgan fingerprint density at radius 3 is 2.22 bits per heavy atom. The van der Waals surface area contributed by atoms with E-state index < -0.39 is 17.4 Å². The molecule has 0 saturated heterocycles. The summed E-state index contributed by atoms with van der Waals surface area (Å²) in [5.74, 6) is -1.18. The van der Waals surface area contributed by atoms with Gasteiger partial charge in [0.2, 0.25) is 0 Å². The summed E-state index contributed by atoms with van der Waals surface area (Å²) < 4.78 is 0. The van der Waals surface area contributed by atoms with Crippen LogP contribution in [0.2, 0.25) is 0 Å². The molecule has 1 fully saturated rings. The third kappa shape index (κ3) is 4.21. The van der Waals surface area contributed by atoms with Gasteiger partial charge in [0.15, 0.2) is 0 Å². The van der Waals surface area contributed by atoms with Crippen LogP contribution in [0.1, 0.15) is 42.5 Å². The summed E-state index contributed by atoms with van der Waals surface area (Å²) in [4.78, 5) is 34.5. The van der Waals surface area contributed by atoms with Gasteiger partial charge in [-0.1, -0.05) is 19.3 Å². The van der Waals surface area contributed by atoms with E-state index in [1.54, 1.807) is 24.3 Å². The summed E-state index contributed by atoms with van der Waals surface area (Å²) in [5, 5.41) is 14.6. The quantitative estimate of drug-likeness (QED) is 0.662. The minimum atomic E-state index is -0.860. The molecule has 1 aromatic carbocycles. The highest BCUT2D eigenvalue weighted by Crippen LogP contribution is 2.36. The lowest BCUT2D eigenvalue weighted by molar-refractivity contribution is -0.150. The highest BCUT2D eigenvalue weighted by molar-refractivity contribution is 5.95. The number of carbonyl (C=O) groups excluding carboxylic acids is 2. The number of carboxylic acids is 1.